The van der Waals surface area contributed by atoms with Crippen LogP contribution in [0.1, 0.15) is 84.0 Å². The molecule has 0 saturated carbocycles. The Hall–Kier alpha value is -0.870. The predicted octanol–water partition coefficient (Wildman–Crippen LogP) is 4.78. The van der Waals surface area contributed by atoms with E-state index in [2.05, 4.69) is 19.1 Å². The molecule has 2 fully saturated rings. The van der Waals surface area contributed by atoms with Crippen molar-refractivity contribution in [3.05, 3.63) is 12.2 Å². The first-order chi connectivity index (χ1) is 10.7. The smallest absolute Gasteiger partial charge is 0.370 e. The molecule has 2 aliphatic rings. The van der Waals surface area contributed by atoms with Crippen LogP contribution in [0.15, 0.2) is 12.2 Å². The Bertz CT molecular complexity index is 383. The summed E-state index contributed by atoms with van der Waals surface area (Å²) in [5.74, 6) is -2.97. The molecule has 2 rings (SSSR count). The highest BCUT2D eigenvalue weighted by Crippen LogP contribution is 2.69. The first-order valence-electron chi connectivity index (χ1n) is 8.95. The molecule has 0 aliphatic carbocycles. The molecule has 0 aromatic rings. The maximum absolute atomic E-state index is 10.8. The van der Waals surface area contributed by atoms with Crippen molar-refractivity contribution in [1.29, 1.82) is 0 Å². The highest BCUT2D eigenvalue weighted by Gasteiger charge is 2.95. The third-order valence-electron chi connectivity index (χ3n) is 4.58. The summed E-state index contributed by atoms with van der Waals surface area (Å²) < 4.78 is 10.2. The van der Waals surface area contributed by atoms with Gasteiger partial charge in [-0.1, -0.05) is 57.6 Å². The highest BCUT2D eigenvalue weighted by molar-refractivity contribution is 5.84. The second kappa shape index (κ2) is 8.11. The van der Waals surface area contributed by atoms with Gasteiger partial charge in [-0.2, -0.15) is 0 Å². The maximum Gasteiger partial charge on any atom is 0.370 e. The van der Waals surface area contributed by atoms with Gasteiger partial charge in [0.25, 0.3) is 0 Å². The van der Waals surface area contributed by atoms with Gasteiger partial charge in [-0.05, 0) is 32.1 Å². The summed E-state index contributed by atoms with van der Waals surface area (Å²) in [6.45, 7) is 2.25. The van der Waals surface area contributed by atoms with Gasteiger partial charge in [-0.3, -0.25) is 9.47 Å². The molecule has 4 heteroatoms. The van der Waals surface area contributed by atoms with E-state index in [4.69, 9.17) is 14.6 Å². The molecule has 0 amide bonds. The van der Waals surface area contributed by atoms with Crippen molar-refractivity contribution in [3.8, 4) is 0 Å². The van der Waals surface area contributed by atoms with Crippen molar-refractivity contribution in [3.63, 3.8) is 0 Å². The van der Waals surface area contributed by atoms with Crippen LogP contribution in [0.4, 0.5) is 0 Å². The molecule has 1 N–H and O–H groups in total. The van der Waals surface area contributed by atoms with E-state index in [1.165, 1.54) is 44.9 Å². The van der Waals surface area contributed by atoms with Gasteiger partial charge in [-0.25, -0.2) is 4.79 Å². The third-order valence-corrected chi connectivity index (χ3v) is 4.58. The summed E-state index contributed by atoms with van der Waals surface area (Å²) in [7, 11) is 0. The van der Waals surface area contributed by atoms with Crippen LogP contribution in [0.3, 0.4) is 0 Å². The fraction of sp³-hybridized carbons (Fsp3) is 0.833. The van der Waals surface area contributed by atoms with Gasteiger partial charge < -0.3 is 5.11 Å². The molecular weight excluding hydrogens is 280 g/mol. The Morgan fingerprint density at radius 1 is 0.909 bits per heavy atom. The van der Waals surface area contributed by atoms with Crippen LogP contribution >= 0.6 is 0 Å². The van der Waals surface area contributed by atoms with Crippen molar-refractivity contribution in [2.75, 3.05) is 0 Å². The number of carbonyl (C=O) groups is 1. The SMILES string of the molecule is CCCCCCCC/C=C\CCCCCC12OC1(C(=O)O)O2. The van der Waals surface area contributed by atoms with Crippen LogP contribution in [-0.2, 0) is 14.3 Å². The molecule has 2 aliphatic heterocycles. The molecule has 0 radical (unpaired) electrons. The number of epoxide rings is 2. The summed E-state index contributed by atoms with van der Waals surface area (Å²) in [6, 6.07) is 0. The third kappa shape index (κ3) is 4.32. The minimum atomic E-state index is -1.25. The highest BCUT2D eigenvalue weighted by atomic mass is 17.1. The first kappa shape index (κ1) is 17.5. The Balaban J connectivity index is 1.34. The van der Waals surface area contributed by atoms with E-state index in [0.717, 1.165) is 25.7 Å². The molecule has 2 saturated heterocycles. The lowest BCUT2D eigenvalue weighted by Gasteiger charge is -2.00. The van der Waals surface area contributed by atoms with Crippen molar-refractivity contribution >= 4 is 5.97 Å². The first-order valence-corrected chi connectivity index (χ1v) is 8.95. The Morgan fingerprint density at radius 2 is 1.45 bits per heavy atom. The van der Waals surface area contributed by atoms with E-state index in [1.54, 1.807) is 0 Å². The molecule has 4 nitrogen and oxygen atoms in total. The maximum atomic E-state index is 10.8. The molecule has 0 spiro atoms. The number of unbranched alkanes of at least 4 members (excludes halogenated alkanes) is 9. The predicted molar refractivity (Wildman–Crippen MR) is 85.5 cm³/mol. The monoisotopic (exact) mass is 310 g/mol. The minimum absolute atomic E-state index is 0.709. The average Bonchev–Trinajstić information content (AvgIpc) is 3.31. The van der Waals surface area contributed by atoms with Gasteiger partial charge in [0.1, 0.15) is 0 Å². The summed E-state index contributed by atoms with van der Waals surface area (Å²) in [5.41, 5.74) is 0. The number of ether oxygens (including phenoxy) is 2. The quantitative estimate of drug-likeness (QED) is 0.285. The van der Waals surface area contributed by atoms with E-state index in [9.17, 15) is 4.79 Å². The standard InChI is InChI=1S/C18H30O4/c1-2-3-4-5-6-7-8-9-10-11-12-13-14-15-17-18(21-17,22-17)16(19)20/h9-10H,2-8,11-15H2,1H3,(H,19,20)/b10-9-. The second-order valence-corrected chi connectivity index (χ2v) is 6.51. The van der Waals surface area contributed by atoms with E-state index in [0.29, 0.717) is 6.42 Å². The zero-order chi connectivity index (χ0) is 15.9. The molecule has 0 unspecified atom stereocenters. The number of carboxylic acid groups (broad SMARTS) is 1. The van der Waals surface area contributed by atoms with Gasteiger partial charge in [-0.15, -0.1) is 0 Å². The lowest BCUT2D eigenvalue weighted by Crippen LogP contribution is -2.13. The van der Waals surface area contributed by atoms with Crippen molar-refractivity contribution < 1.29 is 19.4 Å². The molecule has 0 aromatic heterocycles. The molecule has 0 aromatic carbocycles. The Labute approximate surface area is 133 Å². The van der Waals surface area contributed by atoms with Gasteiger partial charge in [0.05, 0.1) is 0 Å². The lowest BCUT2D eigenvalue weighted by atomic mass is 10.1. The molecule has 22 heavy (non-hydrogen) atoms. The van der Waals surface area contributed by atoms with Gasteiger partial charge in [0, 0.05) is 6.42 Å². The summed E-state index contributed by atoms with van der Waals surface area (Å²) in [4.78, 5) is 10.8. The topological polar surface area (TPSA) is 62.4 Å². The molecule has 2 heterocycles. The molecule has 0 bridgehead atoms. The van der Waals surface area contributed by atoms with E-state index < -0.39 is 17.5 Å². The summed E-state index contributed by atoms with van der Waals surface area (Å²) in [6.07, 6.45) is 19.0. The number of hydrogen-bond acceptors (Lipinski definition) is 3. The van der Waals surface area contributed by atoms with E-state index in [1.807, 2.05) is 0 Å². The number of rotatable bonds is 14. The van der Waals surface area contributed by atoms with Crippen molar-refractivity contribution in [2.24, 2.45) is 0 Å². The van der Waals surface area contributed by atoms with Crippen molar-refractivity contribution in [2.45, 2.75) is 95.5 Å². The largest absolute Gasteiger partial charge is 0.477 e. The number of aliphatic carboxylic acids is 1. The van der Waals surface area contributed by atoms with Gasteiger partial charge in [0.2, 0.25) is 5.79 Å². The Morgan fingerprint density at radius 3 is 2.00 bits per heavy atom. The number of allylic oxidation sites excluding steroid dienone is 2. The van der Waals surface area contributed by atoms with E-state index in [-0.39, 0.29) is 0 Å². The zero-order valence-electron chi connectivity index (χ0n) is 13.8. The van der Waals surface area contributed by atoms with Gasteiger partial charge >= 0.3 is 11.8 Å². The number of hydrogen-bond donors (Lipinski definition) is 1. The van der Waals surface area contributed by atoms with Crippen LogP contribution in [0.25, 0.3) is 0 Å². The second-order valence-electron chi connectivity index (χ2n) is 6.51. The lowest BCUT2D eigenvalue weighted by molar-refractivity contribution is -0.166. The number of fused-ring (bicyclic) bond motifs is 1. The minimum Gasteiger partial charge on any atom is -0.477 e. The van der Waals surface area contributed by atoms with Crippen LogP contribution in [0.2, 0.25) is 0 Å². The van der Waals surface area contributed by atoms with Crippen LogP contribution in [0.5, 0.6) is 0 Å². The number of carboxylic acids is 1. The molecule has 126 valence electrons. The Kier molecular flexibility index (Phi) is 6.45. The molecular formula is C18H30O4. The normalized spacial score (nSPS) is 28.8. The van der Waals surface area contributed by atoms with E-state index >= 15 is 0 Å². The molecule has 0 atom stereocenters. The average molecular weight is 310 g/mol. The van der Waals surface area contributed by atoms with Gasteiger partial charge in [0.15, 0.2) is 0 Å². The zero-order valence-corrected chi connectivity index (χ0v) is 13.8. The summed E-state index contributed by atoms with van der Waals surface area (Å²) in [5, 5.41) is 8.86. The fourth-order valence-electron chi connectivity index (χ4n) is 3.01. The van der Waals surface area contributed by atoms with Crippen LogP contribution in [-0.4, -0.2) is 22.7 Å². The fourth-order valence-corrected chi connectivity index (χ4v) is 3.01. The van der Waals surface area contributed by atoms with Crippen molar-refractivity contribution in [1.82, 2.24) is 0 Å². The van der Waals surface area contributed by atoms with Crippen LogP contribution < -0.4 is 0 Å². The summed E-state index contributed by atoms with van der Waals surface area (Å²) >= 11 is 0. The van der Waals surface area contributed by atoms with Crippen LogP contribution in [0, 0.1) is 0 Å².